The van der Waals surface area contributed by atoms with Crippen LogP contribution in [0.3, 0.4) is 0 Å². The minimum atomic E-state index is -4.25. The zero-order valence-electron chi connectivity index (χ0n) is 6.88. The van der Waals surface area contributed by atoms with Crippen LogP contribution >= 0.6 is 22.9 Å². The van der Waals surface area contributed by atoms with E-state index in [0.29, 0.717) is 4.34 Å². The van der Waals surface area contributed by atoms with Crippen LogP contribution in [-0.2, 0) is 0 Å². The molecule has 1 rings (SSSR count). The predicted octanol–water partition coefficient (Wildman–Crippen LogP) is 3.17. The van der Waals surface area contributed by atoms with Crippen molar-refractivity contribution in [1.82, 2.24) is 4.98 Å². The molecule has 1 atom stereocenters. The zero-order chi connectivity index (χ0) is 10.8. The molecule has 0 amide bonds. The fourth-order valence-corrected chi connectivity index (χ4v) is 1.80. The zero-order valence-corrected chi connectivity index (χ0v) is 8.46. The number of aliphatic hydroxyl groups excluding tert-OH is 1. The molecule has 1 N–H and O–H groups in total. The molecular weight excluding hydrogens is 239 g/mol. The third-order valence-corrected chi connectivity index (χ3v) is 2.70. The Morgan fingerprint density at radius 3 is 2.64 bits per heavy atom. The number of hydrogen-bond acceptors (Lipinski definition) is 3. The van der Waals surface area contributed by atoms with E-state index in [1.807, 2.05) is 0 Å². The Morgan fingerprint density at radius 2 is 2.21 bits per heavy atom. The van der Waals surface area contributed by atoms with Crippen molar-refractivity contribution in [3.63, 3.8) is 0 Å². The molecule has 0 aliphatic rings. The molecule has 1 aromatic rings. The molecule has 1 unspecified atom stereocenters. The Morgan fingerprint density at radius 1 is 1.57 bits per heavy atom. The Kier molecular flexibility index (Phi) is 3.74. The maximum Gasteiger partial charge on any atom is 0.389 e. The maximum atomic E-state index is 11.8. The molecule has 2 nitrogen and oxygen atoms in total. The summed E-state index contributed by atoms with van der Waals surface area (Å²) < 4.78 is 35.7. The first-order valence-electron chi connectivity index (χ1n) is 3.74. The number of nitrogens with zero attached hydrogens (tertiary/aromatic N) is 1. The number of aromatic nitrogens is 1. The monoisotopic (exact) mass is 245 g/mol. The Balaban J connectivity index is 2.47. The van der Waals surface area contributed by atoms with Crippen molar-refractivity contribution < 1.29 is 18.3 Å². The average molecular weight is 246 g/mol. The molecule has 0 saturated carbocycles. The van der Waals surface area contributed by atoms with E-state index in [9.17, 15) is 18.3 Å². The van der Waals surface area contributed by atoms with Gasteiger partial charge in [-0.1, -0.05) is 11.6 Å². The van der Waals surface area contributed by atoms with E-state index in [0.717, 1.165) is 11.3 Å². The van der Waals surface area contributed by atoms with Gasteiger partial charge in [-0.25, -0.2) is 4.98 Å². The van der Waals surface area contributed by atoms with Crippen LogP contribution in [0.2, 0.25) is 4.34 Å². The summed E-state index contributed by atoms with van der Waals surface area (Å²) in [6.45, 7) is 0. The van der Waals surface area contributed by atoms with Gasteiger partial charge in [0.25, 0.3) is 0 Å². The minimum Gasteiger partial charge on any atom is -0.386 e. The van der Waals surface area contributed by atoms with Gasteiger partial charge in [0.2, 0.25) is 0 Å². The van der Waals surface area contributed by atoms with Gasteiger partial charge in [0.15, 0.2) is 0 Å². The van der Waals surface area contributed by atoms with Crippen molar-refractivity contribution in [1.29, 1.82) is 0 Å². The molecule has 0 aliphatic carbocycles. The SMILES string of the molecule is OC(CCC(F)(F)F)c1ncc(Cl)s1. The van der Waals surface area contributed by atoms with Crippen LogP contribution in [0.15, 0.2) is 6.20 Å². The van der Waals surface area contributed by atoms with Crippen molar-refractivity contribution in [3.05, 3.63) is 15.5 Å². The Bertz CT molecular complexity index is 301. The first-order chi connectivity index (χ1) is 6.38. The van der Waals surface area contributed by atoms with Gasteiger partial charge in [-0.05, 0) is 6.42 Å². The van der Waals surface area contributed by atoms with Crippen molar-refractivity contribution in [2.45, 2.75) is 25.1 Å². The average Bonchev–Trinajstić information content (AvgIpc) is 2.46. The van der Waals surface area contributed by atoms with Gasteiger partial charge in [-0.2, -0.15) is 13.2 Å². The van der Waals surface area contributed by atoms with Gasteiger partial charge in [-0.15, -0.1) is 11.3 Å². The predicted molar refractivity (Wildman–Crippen MR) is 47.4 cm³/mol. The number of rotatable bonds is 3. The standard InChI is InChI=1S/C7H7ClF3NOS/c8-5-3-12-6(14-5)4(13)1-2-7(9,10)11/h3-4,13H,1-2H2. The summed E-state index contributed by atoms with van der Waals surface area (Å²) in [5.74, 6) is 0. The van der Waals surface area contributed by atoms with Gasteiger partial charge < -0.3 is 5.11 Å². The number of hydrogen-bond donors (Lipinski definition) is 1. The normalized spacial score (nSPS) is 14.4. The van der Waals surface area contributed by atoms with Crippen LogP contribution in [-0.4, -0.2) is 16.3 Å². The van der Waals surface area contributed by atoms with Gasteiger partial charge in [-0.3, -0.25) is 0 Å². The summed E-state index contributed by atoms with van der Waals surface area (Å²) in [6, 6.07) is 0. The lowest BCUT2D eigenvalue weighted by Gasteiger charge is -2.09. The van der Waals surface area contributed by atoms with Crippen molar-refractivity contribution in [2.24, 2.45) is 0 Å². The second kappa shape index (κ2) is 4.46. The molecule has 7 heteroatoms. The molecule has 1 aromatic heterocycles. The summed E-state index contributed by atoms with van der Waals surface area (Å²) in [4.78, 5) is 3.69. The third kappa shape index (κ3) is 3.81. The highest BCUT2D eigenvalue weighted by atomic mass is 35.5. The van der Waals surface area contributed by atoms with E-state index in [1.165, 1.54) is 6.20 Å². The maximum absolute atomic E-state index is 11.8. The molecule has 0 fully saturated rings. The highest BCUT2D eigenvalue weighted by Crippen LogP contribution is 2.30. The van der Waals surface area contributed by atoms with E-state index < -0.39 is 18.7 Å². The quantitative estimate of drug-likeness (QED) is 0.887. The first-order valence-corrected chi connectivity index (χ1v) is 4.94. The molecule has 0 radical (unpaired) electrons. The van der Waals surface area contributed by atoms with Crippen molar-refractivity contribution in [3.8, 4) is 0 Å². The van der Waals surface area contributed by atoms with Gasteiger partial charge >= 0.3 is 6.18 Å². The van der Waals surface area contributed by atoms with Crippen LogP contribution in [0.1, 0.15) is 24.0 Å². The molecular formula is C7H7ClF3NOS. The lowest BCUT2D eigenvalue weighted by Crippen LogP contribution is -2.09. The summed E-state index contributed by atoms with van der Waals surface area (Å²) in [5, 5.41) is 9.51. The van der Waals surface area contributed by atoms with Crippen LogP contribution in [0, 0.1) is 0 Å². The minimum absolute atomic E-state index is 0.222. The molecule has 80 valence electrons. The van der Waals surface area contributed by atoms with E-state index >= 15 is 0 Å². The summed E-state index contributed by atoms with van der Waals surface area (Å²) >= 11 is 6.50. The van der Waals surface area contributed by atoms with E-state index in [4.69, 9.17) is 11.6 Å². The van der Waals surface area contributed by atoms with Gasteiger partial charge in [0.1, 0.15) is 15.4 Å². The lowest BCUT2D eigenvalue weighted by molar-refractivity contribution is -0.140. The van der Waals surface area contributed by atoms with Crippen LogP contribution in [0.25, 0.3) is 0 Å². The van der Waals surface area contributed by atoms with E-state index in [1.54, 1.807) is 0 Å². The van der Waals surface area contributed by atoms with E-state index in [2.05, 4.69) is 4.98 Å². The Labute approximate surface area is 87.3 Å². The Hall–Kier alpha value is -0.330. The lowest BCUT2D eigenvalue weighted by atomic mass is 10.2. The summed E-state index contributed by atoms with van der Waals surface area (Å²) in [5.41, 5.74) is 0. The van der Waals surface area contributed by atoms with Crippen LogP contribution in [0.5, 0.6) is 0 Å². The molecule has 0 bridgehead atoms. The second-order valence-electron chi connectivity index (χ2n) is 2.67. The topological polar surface area (TPSA) is 33.1 Å². The van der Waals surface area contributed by atoms with Crippen LogP contribution in [0.4, 0.5) is 13.2 Å². The summed E-state index contributed by atoms with van der Waals surface area (Å²) in [7, 11) is 0. The fourth-order valence-electron chi connectivity index (χ4n) is 0.845. The van der Waals surface area contributed by atoms with E-state index in [-0.39, 0.29) is 11.4 Å². The molecule has 1 heterocycles. The number of halogens is 4. The number of thiazole rings is 1. The highest BCUT2D eigenvalue weighted by Gasteiger charge is 2.28. The van der Waals surface area contributed by atoms with Gasteiger partial charge in [0, 0.05) is 6.42 Å². The summed E-state index contributed by atoms with van der Waals surface area (Å²) in [6.07, 6.45) is -5.53. The number of aliphatic hydroxyl groups is 1. The van der Waals surface area contributed by atoms with Gasteiger partial charge in [0.05, 0.1) is 6.20 Å². The first kappa shape index (κ1) is 11.7. The largest absolute Gasteiger partial charge is 0.389 e. The van der Waals surface area contributed by atoms with Crippen molar-refractivity contribution >= 4 is 22.9 Å². The molecule has 0 aliphatic heterocycles. The molecule has 14 heavy (non-hydrogen) atoms. The fraction of sp³-hybridized carbons (Fsp3) is 0.571. The van der Waals surface area contributed by atoms with Crippen molar-refractivity contribution in [2.75, 3.05) is 0 Å². The molecule has 0 saturated heterocycles. The smallest absolute Gasteiger partial charge is 0.386 e. The number of alkyl halides is 3. The second-order valence-corrected chi connectivity index (χ2v) is 4.37. The molecule has 0 spiro atoms. The highest BCUT2D eigenvalue weighted by molar-refractivity contribution is 7.15. The molecule has 0 aromatic carbocycles. The van der Waals surface area contributed by atoms with Crippen LogP contribution < -0.4 is 0 Å². The third-order valence-electron chi connectivity index (χ3n) is 1.48.